The van der Waals surface area contributed by atoms with E-state index in [9.17, 15) is 18.0 Å². The van der Waals surface area contributed by atoms with Crippen LogP contribution in [0.25, 0.3) is 0 Å². The second kappa shape index (κ2) is 18.7. The summed E-state index contributed by atoms with van der Waals surface area (Å²) in [7, 11) is -2.87. The molecule has 1 aromatic carbocycles. The van der Waals surface area contributed by atoms with Gasteiger partial charge in [0.05, 0.1) is 37.9 Å². The predicted octanol–water partition coefficient (Wildman–Crippen LogP) is 6.75. The molecule has 0 aliphatic carbocycles. The molecule has 0 atom stereocenters. The van der Waals surface area contributed by atoms with E-state index in [1.807, 2.05) is 6.92 Å². The molecule has 0 unspecified atom stereocenters. The number of esters is 2. The minimum Gasteiger partial charge on any atom is -0.465 e. The van der Waals surface area contributed by atoms with Crippen LogP contribution in [0.4, 0.5) is 0 Å². The van der Waals surface area contributed by atoms with Crippen molar-refractivity contribution < 1.29 is 40.8 Å². The van der Waals surface area contributed by atoms with Crippen molar-refractivity contribution >= 4 is 52.0 Å². The Labute approximate surface area is 262 Å². The molecule has 1 rings (SSSR count). The number of carbonyl (C=O) groups excluding carboxylic acids is 2. The van der Waals surface area contributed by atoms with Gasteiger partial charge in [-0.05, 0) is 63.9 Å². The van der Waals surface area contributed by atoms with Gasteiger partial charge in [0.2, 0.25) is 5.41 Å². The highest BCUT2D eigenvalue weighted by molar-refractivity contribution is 8.76. The second-order valence-corrected chi connectivity index (χ2v) is 20.4. The molecule has 1 aromatic rings. The van der Waals surface area contributed by atoms with Crippen LogP contribution in [0, 0.1) is 12.3 Å². The van der Waals surface area contributed by atoms with Crippen molar-refractivity contribution in [3.05, 3.63) is 29.8 Å². The van der Waals surface area contributed by atoms with E-state index in [0.29, 0.717) is 6.42 Å². The van der Waals surface area contributed by atoms with Gasteiger partial charge in [-0.3, -0.25) is 13.8 Å². The van der Waals surface area contributed by atoms with Crippen LogP contribution in [0.1, 0.15) is 65.9 Å². The number of aryl methyl sites for hydroxylation is 1. The van der Waals surface area contributed by atoms with E-state index in [0.717, 1.165) is 30.6 Å². The average Bonchev–Trinajstić information content (AvgIpc) is 2.90. The summed E-state index contributed by atoms with van der Waals surface area (Å²) >= 11 is 0. The highest BCUT2D eigenvalue weighted by Gasteiger charge is 2.52. The Morgan fingerprint density at radius 2 is 1.43 bits per heavy atom. The summed E-state index contributed by atoms with van der Waals surface area (Å²) < 4.78 is 52.3. The lowest BCUT2D eigenvalue weighted by Crippen LogP contribution is -2.53. The molecule has 13 heteroatoms. The molecule has 0 bridgehead atoms. The van der Waals surface area contributed by atoms with Crippen molar-refractivity contribution in [1.82, 2.24) is 0 Å². The molecule has 0 amide bonds. The normalized spacial score (nSPS) is 12.8. The largest absolute Gasteiger partial charge is 0.465 e. The Morgan fingerprint density at radius 1 is 0.857 bits per heavy atom. The van der Waals surface area contributed by atoms with Gasteiger partial charge in [0.25, 0.3) is 10.1 Å². The van der Waals surface area contributed by atoms with Crippen LogP contribution in [-0.4, -0.2) is 73.4 Å². The quantitative estimate of drug-likeness (QED) is 0.0264. The summed E-state index contributed by atoms with van der Waals surface area (Å²) in [6, 6.07) is 6.61. The SMILES string of the molecule is CCOC(=O)C(COCSSCCCCCCOS(=O)(=O)c1ccc(C)cc1)(CO[Si](C)(C)C(C)(C)C)C(=O)OCC. The minimum atomic E-state index is -3.72. The molecule has 0 spiro atoms. The van der Waals surface area contributed by atoms with E-state index in [1.54, 1.807) is 48.9 Å². The van der Waals surface area contributed by atoms with Gasteiger partial charge >= 0.3 is 11.9 Å². The van der Waals surface area contributed by atoms with Gasteiger partial charge in [-0.25, -0.2) is 0 Å². The predicted molar refractivity (Wildman–Crippen MR) is 173 cm³/mol. The molecule has 42 heavy (non-hydrogen) atoms. The zero-order chi connectivity index (χ0) is 31.9. The molecule has 0 aliphatic heterocycles. The van der Waals surface area contributed by atoms with E-state index < -0.39 is 35.8 Å². The maximum Gasteiger partial charge on any atom is 0.328 e. The number of hydrogen-bond donors (Lipinski definition) is 0. The Hall–Kier alpha value is -1.09. The van der Waals surface area contributed by atoms with Crippen molar-refractivity contribution in [3.8, 4) is 0 Å². The lowest BCUT2D eigenvalue weighted by Gasteiger charge is -2.39. The van der Waals surface area contributed by atoms with E-state index in [1.165, 1.54) is 10.8 Å². The highest BCUT2D eigenvalue weighted by Crippen LogP contribution is 2.38. The zero-order valence-electron chi connectivity index (χ0n) is 26.5. The lowest BCUT2D eigenvalue weighted by atomic mass is 9.90. The number of rotatable bonds is 21. The summed E-state index contributed by atoms with van der Waals surface area (Å²) in [4.78, 5) is 26.3. The second-order valence-electron chi connectivity index (χ2n) is 11.5. The van der Waals surface area contributed by atoms with Gasteiger partial charge in [-0.2, -0.15) is 8.42 Å². The summed E-state index contributed by atoms with van der Waals surface area (Å²) in [6.07, 6.45) is 3.42. The molecule has 0 aromatic heterocycles. The molecular weight excluding hydrogens is 617 g/mol. The maximum absolute atomic E-state index is 13.1. The van der Waals surface area contributed by atoms with E-state index in [4.69, 9.17) is 22.8 Å². The van der Waals surface area contributed by atoms with E-state index in [2.05, 4.69) is 33.9 Å². The molecule has 0 saturated carbocycles. The fourth-order valence-corrected chi connectivity index (χ4v) is 7.08. The minimum absolute atomic E-state index is 0.110. The van der Waals surface area contributed by atoms with Crippen molar-refractivity contribution in [3.63, 3.8) is 0 Å². The van der Waals surface area contributed by atoms with Gasteiger partial charge in [0.15, 0.2) is 8.32 Å². The van der Waals surface area contributed by atoms with Gasteiger partial charge < -0.3 is 18.6 Å². The van der Waals surface area contributed by atoms with Crippen LogP contribution in [0.3, 0.4) is 0 Å². The van der Waals surface area contributed by atoms with Crippen molar-refractivity contribution in [1.29, 1.82) is 0 Å². The highest BCUT2D eigenvalue weighted by atomic mass is 33.1. The summed E-state index contributed by atoms with van der Waals surface area (Å²) in [6.45, 7) is 15.7. The fourth-order valence-electron chi connectivity index (χ4n) is 3.32. The van der Waals surface area contributed by atoms with Crippen LogP contribution < -0.4 is 0 Å². The van der Waals surface area contributed by atoms with Gasteiger partial charge in [-0.1, -0.05) is 72.9 Å². The average molecular weight is 667 g/mol. The maximum atomic E-state index is 13.1. The molecule has 0 fully saturated rings. The Morgan fingerprint density at radius 3 is 1.98 bits per heavy atom. The first-order valence-electron chi connectivity index (χ1n) is 14.4. The number of unbranched alkanes of at least 4 members (excludes halogenated alkanes) is 3. The molecule has 0 N–H and O–H groups in total. The summed E-state index contributed by atoms with van der Waals surface area (Å²) in [5.74, 6) is -0.243. The number of benzene rings is 1. The third kappa shape index (κ3) is 12.9. The van der Waals surface area contributed by atoms with Crippen LogP contribution in [0.15, 0.2) is 29.2 Å². The van der Waals surface area contributed by atoms with Crippen LogP contribution in [-0.2, 0) is 42.5 Å². The summed E-state index contributed by atoms with van der Waals surface area (Å²) in [5.41, 5.74) is -0.702. The lowest BCUT2D eigenvalue weighted by molar-refractivity contribution is -0.179. The number of carbonyl (C=O) groups is 2. The first-order chi connectivity index (χ1) is 19.6. The zero-order valence-corrected chi connectivity index (χ0v) is 29.9. The third-order valence-corrected chi connectivity index (χ3v) is 15.0. The smallest absolute Gasteiger partial charge is 0.328 e. The van der Waals surface area contributed by atoms with E-state index >= 15 is 0 Å². The Bertz CT molecular complexity index is 1040. The molecule has 242 valence electrons. The fraction of sp³-hybridized carbons (Fsp3) is 0.724. The third-order valence-electron chi connectivity index (χ3n) is 7.05. The van der Waals surface area contributed by atoms with Gasteiger partial charge in [-0.15, -0.1) is 0 Å². The molecule has 0 heterocycles. The van der Waals surface area contributed by atoms with E-state index in [-0.39, 0.29) is 48.9 Å². The molecule has 0 aliphatic rings. The van der Waals surface area contributed by atoms with Crippen molar-refractivity contribution in [2.45, 2.75) is 90.3 Å². The Kier molecular flexibility index (Phi) is 17.3. The monoisotopic (exact) mass is 666 g/mol. The molecule has 0 saturated heterocycles. The summed E-state index contributed by atoms with van der Waals surface area (Å²) in [5, 5.41) is -0.110. The molecule has 0 radical (unpaired) electrons. The van der Waals surface area contributed by atoms with Crippen LogP contribution in [0.2, 0.25) is 18.1 Å². The van der Waals surface area contributed by atoms with Crippen LogP contribution >= 0.6 is 21.6 Å². The number of ether oxygens (including phenoxy) is 3. The molecular formula is C29H50O9S3Si. The van der Waals surface area contributed by atoms with Crippen molar-refractivity contribution in [2.24, 2.45) is 5.41 Å². The first-order valence-corrected chi connectivity index (χ1v) is 21.2. The number of hydrogen-bond acceptors (Lipinski definition) is 11. The standard InChI is InChI=1S/C29H50O9S3Si/c1-9-35-26(30)29(27(31)36-10-2,22-38-42(7,8)28(4,5)6)21-34-23-40-39-20-14-12-11-13-19-37-41(32,33)25-17-15-24(3)16-18-25/h15-18H,9-14,19-23H2,1-8H3. The van der Waals surface area contributed by atoms with Crippen LogP contribution in [0.5, 0.6) is 0 Å². The topological polar surface area (TPSA) is 114 Å². The van der Waals surface area contributed by atoms with Gasteiger partial charge in [0.1, 0.15) is 5.94 Å². The first kappa shape index (κ1) is 38.9. The van der Waals surface area contributed by atoms with Gasteiger partial charge in [0, 0.05) is 5.75 Å². The van der Waals surface area contributed by atoms with Crippen molar-refractivity contribution in [2.75, 3.05) is 44.7 Å². The molecule has 9 nitrogen and oxygen atoms in total. The Balaban J connectivity index is 2.46.